The van der Waals surface area contributed by atoms with Gasteiger partial charge in [-0.2, -0.15) is 0 Å². The second-order valence-electron chi connectivity index (χ2n) is 2.83. The fourth-order valence-electron chi connectivity index (χ4n) is 1.41. The fourth-order valence-corrected chi connectivity index (χ4v) is 1.41. The third-order valence-corrected chi connectivity index (χ3v) is 2.02. The molecule has 0 aliphatic heterocycles. The van der Waals surface area contributed by atoms with Crippen molar-refractivity contribution in [2.75, 3.05) is 0 Å². The summed E-state index contributed by atoms with van der Waals surface area (Å²) in [5.74, 6) is -0.878. The van der Waals surface area contributed by atoms with Gasteiger partial charge in [-0.25, -0.2) is 4.79 Å². The summed E-state index contributed by atoms with van der Waals surface area (Å²) < 4.78 is 0. The summed E-state index contributed by atoms with van der Waals surface area (Å²) in [5, 5.41) is 10.6. The van der Waals surface area contributed by atoms with Gasteiger partial charge in [0.2, 0.25) is 0 Å². The molecule has 0 aliphatic carbocycles. The summed E-state index contributed by atoms with van der Waals surface area (Å²) in [6.07, 6.45) is 0. The van der Waals surface area contributed by atoms with Crippen molar-refractivity contribution < 1.29 is 9.90 Å². The molecule has 0 amide bonds. The van der Waals surface area contributed by atoms with E-state index in [1.807, 2.05) is 30.3 Å². The van der Waals surface area contributed by atoms with E-state index in [4.69, 9.17) is 5.11 Å². The maximum absolute atomic E-state index is 10.8. The summed E-state index contributed by atoms with van der Waals surface area (Å²) in [4.78, 5) is 10.8. The minimum atomic E-state index is -0.878. The molecule has 1 N–H and O–H groups in total. The van der Waals surface area contributed by atoms with Crippen molar-refractivity contribution in [1.29, 1.82) is 0 Å². The Morgan fingerprint density at radius 2 is 1.64 bits per heavy atom. The van der Waals surface area contributed by atoms with Crippen molar-refractivity contribution in [1.82, 2.24) is 0 Å². The van der Waals surface area contributed by atoms with E-state index >= 15 is 0 Å². The van der Waals surface area contributed by atoms with Gasteiger partial charge in [-0.05, 0) is 16.8 Å². The Labute approximate surface area is 101 Å². The second kappa shape index (κ2) is 4.52. The van der Waals surface area contributed by atoms with Crippen molar-refractivity contribution in [3.8, 4) is 0 Å². The van der Waals surface area contributed by atoms with Gasteiger partial charge in [0, 0.05) is 0 Å². The molecule has 0 spiro atoms. The van der Waals surface area contributed by atoms with Gasteiger partial charge in [0.15, 0.2) is 0 Å². The Kier molecular flexibility index (Phi) is 3.59. The standard InChI is InChI=1S/C11H8O2.Bi.3H/c12-11(13)10-7-3-5-8-4-1-2-6-9(8)10;;;;/h1-7H,(H,12,13);;;;. The first-order valence-electron chi connectivity index (χ1n) is 4.00. The fraction of sp³-hybridized carbons (Fsp3) is 0. The number of fused-ring (bicyclic) bond motifs is 1. The van der Waals surface area contributed by atoms with E-state index in [1.54, 1.807) is 12.1 Å². The van der Waals surface area contributed by atoms with Crippen LogP contribution in [0.4, 0.5) is 0 Å². The van der Waals surface area contributed by atoms with Crippen molar-refractivity contribution in [2.24, 2.45) is 0 Å². The van der Waals surface area contributed by atoms with Crippen LogP contribution >= 0.6 is 0 Å². The average Bonchev–Trinajstić information content (AvgIpc) is 2.17. The van der Waals surface area contributed by atoms with Gasteiger partial charge in [0.25, 0.3) is 0 Å². The van der Waals surface area contributed by atoms with Crippen LogP contribution in [0, 0.1) is 0 Å². The van der Waals surface area contributed by atoms with E-state index in [-0.39, 0.29) is 26.2 Å². The third kappa shape index (κ3) is 1.93. The van der Waals surface area contributed by atoms with Crippen molar-refractivity contribution in [2.45, 2.75) is 0 Å². The molecule has 2 aromatic carbocycles. The molecule has 2 aromatic rings. The molecule has 14 heavy (non-hydrogen) atoms. The summed E-state index contributed by atoms with van der Waals surface area (Å²) >= 11 is 0. The summed E-state index contributed by atoms with van der Waals surface area (Å²) in [6, 6.07) is 12.7. The number of carbonyl (C=O) groups is 1. The molecule has 0 aromatic heterocycles. The van der Waals surface area contributed by atoms with Crippen LogP contribution in [0.3, 0.4) is 0 Å². The van der Waals surface area contributed by atoms with Crippen LogP contribution in [0.15, 0.2) is 42.5 Å². The van der Waals surface area contributed by atoms with Crippen LogP contribution in [-0.2, 0) is 0 Å². The number of carboxylic acid groups (broad SMARTS) is 1. The van der Waals surface area contributed by atoms with Gasteiger partial charge >= 0.3 is 32.2 Å². The van der Waals surface area contributed by atoms with E-state index in [0.717, 1.165) is 10.8 Å². The molecule has 0 aliphatic rings. The minimum absolute atomic E-state index is 0. The zero-order chi connectivity index (χ0) is 9.26. The van der Waals surface area contributed by atoms with E-state index in [1.165, 1.54) is 0 Å². The molecule has 2 nitrogen and oxygen atoms in total. The predicted molar refractivity (Wildman–Crippen MR) is 60.8 cm³/mol. The number of hydrogen-bond donors (Lipinski definition) is 1. The van der Waals surface area contributed by atoms with E-state index in [2.05, 4.69) is 0 Å². The summed E-state index contributed by atoms with van der Waals surface area (Å²) in [7, 11) is 0. The Morgan fingerprint density at radius 3 is 2.36 bits per heavy atom. The SMILES string of the molecule is O=C(O)c1cccc2ccccc12.[BiH3]. The molecule has 3 heteroatoms. The molecule has 0 radical (unpaired) electrons. The van der Waals surface area contributed by atoms with Crippen LogP contribution in [-0.4, -0.2) is 37.3 Å². The quantitative estimate of drug-likeness (QED) is 0.754. The number of aromatic carboxylic acids is 1. The monoisotopic (exact) mass is 384 g/mol. The first kappa shape index (κ1) is 11.1. The number of hydrogen-bond acceptors (Lipinski definition) is 1. The third-order valence-electron chi connectivity index (χ3n) is 2.02. The van der Waals surface area contributed by atoms with Gasteiger partial charge in [-0.1, -0.05) is 36.4 Å². The summed E-state index contributed by atoms with van der Waals surface area (Å²) in [5.41, 5.74) is 0.359. The molecule has 0 heterocycles. The predicted octanol–water partition coefficient (Wildman–Crippen LogP) is 1.35. The van der Waals surface area contributed by atoms with Crippen LogP contribution in [0.2, 0.25) is 0 Å². The Bertz CT molecular complexity index is 460. The average molecular weight is 384 g/mol. The Morgan fingerprint density at radius 1 is 1.00 bits per heavy atom. The number of carboxylic acids is 1. The van der Waals surface area contributed by atoms with Gasteiger partial charge in [0.05, 0.1) is 5.56 Å². The molecule has 0 fully saturated rings. The van der Waals surface area contributed by atoms with Gasteiger partial charge in [0.1, 0.15) is 0 Å². The van der Waals surface area contributed by atoms with Crippen LogP contribution < -0.4 is 0 Å². The topological polar surface area (TPSA) is 37.3 Å². The van der Waals surface area contributed by atoms with Crippen molar-refractivity contribution >= 4 is 42.9 Å². The van der Waals surface area contributed by atoms with E-state index in [9.17, 15) is 4.79 Å². The second-order valence-corrected chi connectivity index (χ2v) is 2.83. The van der Waals surface area contributed by atoms with E-state index < -0.39 is 5.97 Å². The zero-order valence-electron chi connectivity index (χ0n) is 7.60. The number of benzene rings is 2. The van der Waals surface area contributed by atoms with Gasteiger partial charge in [-0.3, -0.25) is 0 Å². The molecule has 0 saturated carbocycles. The van der Waals surface area contributed by atoms with Crippen molar-refractivity contribution in [3.63, 3.8) is 0 Å². The molecule has 0 atom stereocenters. The maximum atomic E-state index is 10.8. The Balaban J connectivity index is 0.000000980. The first-order valence-corrected chi connectivity index (χ1v) is 4.00. The van der Waals surface area contributed by atoms with Crippen LogP contribution in [0.25, 0.3) is 10.8 Å². The Hall–Kier alpha value is -0.947. The molecule has 2 rings (SSSR count). The normalized spacial score (nSPS) is 9.43. The van der Waals surface area contributed by atoms with Crippen LogP contribution in [0.1, 0.15) is 10.4 Å². The van der Waals surface area contributed by atoms with E-state index in [0.29, 0.717) is 5.56 Å². The van der Waals surface area contributed by atoms with Crippen molar-refractivity contribution in [3.05, 3.63) is 48.0 Å². The molecule has 72 valence electrons. The molecular weight excluding hydrogens is 373 g/mol. The zero-order valence-corrected chi connectivity index (χ0v) is 13.1. The summed E-state index contributed by atoms with van der Waals surface area (Å²) in [6.45, 7) is 0. The molecular formula is C11H11BiO2. The first-order chi connectivity index (χ1) is 6.29. The van der Waals surface area contributed by atoms with Gasteiger partial charge < -0.3 is 5.11 Å². The number of rotatable bonds is 1. The molecule has 0 bridgehead atoms. The van der Waals surface area contributed by atoms with Crippen LogP contribution in [0.5, 0.6) is 0 Å². The molecule has 0 unspecified atom stereocenters. The molecule has 0 saturated heterocycles. The van der Waals surface area contributed by atoms with Gasteiger partial charge in [-0.15, -0.1) is 0 Å².